The molecule has 1 saturated carbocycles. The summed E-state index contributed by atoms with van der Waals surface area (Å²) in [6.07, 6.45) is 15.2. The van der Waals surface area contributed by atoms with Gasteiger partial charge in [0.05, 0.1) is 0 Å². The Kier molecular flexibility index (Phi) is 9.91. The fourth-order valence-electron chi connectivity index (χ4n) is 5.04. The molecular formula is C23H38Br2O2. The molecule has 2 aliphatic rings. The average Bonchev–Trinajstić information content (AvgIpc) is 2.81. The standard InChI is InChI=1S/C23H38Br2O2/c1-3-5-15-18-19(24)21(25)23(16-6-4-2,22(27)20(18)26)17-13-11-9-7-8-10-12-14-17/h17,22,26-27H,3-16H2,1-2H3. The van der Waals surface area contributed by atoms with Gasteiger partial charge < -0.3 is 10.2 Å². The normalized spacial score (nSPS) is 28.9. The first-order valence-electron chi connectivity index (χ1n) is 11.2. The van der Waals surface area contributed by atoms with Crippen LogP contribution in [0.3, 0.4) is 0 Å². The summed E-state index contributed by atoms with van der Waals surface area (Å²) in [6, 6.07) is 0. The Morgan fingerprint density at radius 1 is 0.926 bits per heavy atom. The van der Waals surface area contributed by atoms with Crippen molar-refractivity contribution >= 4 is 31.9 Å². The van der Waals surface area contributed by atoms with Crippen LogP contribution >= 0.6 is 31.9 Å². The molecule has 0 radical (unpaired) electrons. The fourth-order valence-corrected chi connectivity index (χ4v) is 6.79. The van der Waals surface area contributed by atoms with E-state index < -0.39 is 6.10 Å². The van der Waals surface area contributed by atoms with Gasteiger partial charge in [0.25, 0.3) is 0 Å². The predicted octanol–water partition coefficient (Wildman–Crippen LogP) is 8.29. The van der Waals surface area contributed by atoms with Gasteiger partial charge in [0.1, 0.15) is 11.9 Å². The molecule has 0 amide bonds. The lowest BCUT2D eigenvalue weighted by atomic mass is 9.62. The van der Waals surface area contributed by atoms with E-state index in [1.54, 1.807) is 0 Å². The molecule has 2 N–H and O–H groups in total. The summed E-state index contributed by atoms with van der Waals surface area (Å²) in [4.78, 5) is 0. The van der Waals surface area contributed by atoms with Crippen molar-refractivity contribution in [1.82, 2.24) is 0 Å². The molecule has 27 heavy (non-hydrogen) atoms. The first kappa shape index (κ1) is 23.5. The number of aliphatic hydroxyl groups excluding tert-OH is 2. The highest BCUT2D eigenvalue weighted by Gasteiger charge is 2.51. The molecule has 0 heterocycles. The van der Waals surface area contributed by atoms with Gasteiger partial charge in [0.2, 0.25) is 0 Å². The molecule has 0 aromatic carbocycles. The van der Waals surface area contributed by atoms with Crippen LogP contribution in [-0.4, -0.2) is 16.3 Å². The zero-order valence-electron chi connectivity index (χ0n) is 17.2. The van der Waals surface area contributed by atoms with Gasteiger partial charge >= 0.3 is 0 Å². The third kappa shape index (κ3) is 5.22. The molecule has 2 atom stereocenters. The Morgan fingerprint density at radius 2 is 1.48 bits per heavy atom. The maximum Gasteiger partial charge on any atom is 0.126 e. The first-order valence-corrected chi connectivity index (χ1v) is 12.7. The lowest BCUT2D eigenvalue weighted by Gasteiger charge is -2.48. The van der Waals surface area contributed by atoms with Crippen molar-refractivity contribution in [2.75, 3.05) is 0 Å². The number of hydrogen-bond donors (Lipinski definition) is 2. The molecular weight excluding hydrogens is 468 g/mol. The third-order valence-electron chi connectivity index (χ3n) is 6.73. The highest BCUT2D eigenvalue weighted by atomic mass is 79.9. The monoisotopic (exact) mass is 504 g/mol. The number of aliphatic hydroxyl groups is 2. The highest BCUT2D eigenvalue weighted by Crippen LogP contribution is 2.57. The van der Waals surface area contributed by atoms with E-state index in [-0.39, 0.29) is 11.2 Å². The van der Waals surface area contributed by atoms with Crippen LogP contribution in [0.25, 0.3) is 0 Å². The Morgan fingerprint density at radius 3 is 2.04 bits per heavy atom. The van der Waals surface area contributed by atoms with Gasteiger partial charge in [0.15, 0.2) is 0 Å². The van der Waals surface area contributed by atoms with Crippen molar-refractivity contribution in [3.8, 4) is 0 Å². The smallest absolute Gasteiger partial charge is 0.126 e. The Bertz CT molecular complexity index is 530. The zero-order valence-corrected chi connectivity index (χ0v) is 20.4. The van der Waals surface area contributed by atoms with Crippen molar-refractivity contribution in [3.63, 3.8) is 0 Å². The Hall–Kier alpha value is 0.200. The van der Waals surface area contributed by atoms with Gasteiger partial charge in [-0.2, -0.15) is 0 Å². The van der Waals surface area contributed by atoms with E-state index in [1.807, 2.05) is 0 Å². The Labute approximate surface area is 183 Å². The minimum absolute atomic E-state index is 0.217. The second kappa shape index (κ2) is 11.4. The summed E-state index contributed by atoms with van der Waals surface area (Å²) in [5.41, 5.74) is 0.505. The van der Waals surface area contributed by atoms with Crippen LogP contribution < -0.4 is 0 Å². The molecule has 2 nitrogen and oxygen atoms in total. The number of allylic oxidation sites excluding steroid dienone is 2. The maximum absolute atomic E-state index is 11.5. The van der Waals surface area contributed by atoms with E-state index in [2.05, 4.69) is 45.7 Å². The van der Waals surface area contributed by atoms with E-state index in [0.717, 1.165) is 65.9 Å². The van der Waals surface area contributed by atoms with Gasteiger partial charge in [-0.05, 0) is 54.0 Å². The van der Waals surface area contributed by atoms with Crippen LogP contribution in [-0.2, 0) is 0 Å². The topological polar surface area (TPSA) is 40.5 Å². The van der Waals surface area contributed by atoms with Crippen LogP contribution in [0.15, 0.2) is 20.3 Å². The first-order chi connectivity index (χ1) is 13.0. The van der Waals surface area contributed by atoms with Crippen LogP contribution in [0.4, 0.5) is 0 Å². The number of unbranched alkanes of at least 4 members (excludes halogenated alkanes) is 2. The molecule has 156 valence electrons. The number of halogens is 2. The minimum Gasteiger partial charge on any atom is -0.509 e. The molecule has 2 rings (SSSR count). The van der Waals surface area contributed by atoms with Crippen molar-refractivity contribution in [1.29, 1.82) is 0 Å². The van der Waals surface area contributed by atoms with Gasteiger partial charge in [0, 0.05) is 20.0 Å². The number of rotatable bonds is 7. The highest BCUT2D eigenvalue weighted by molar-refractivity contribution is 9.14. The lowest BCUT2D eigenvalue weighted by Crippen LogP contribution is -2.46. The van der Waals surface area contributed by atoms with Crippen molar-refractivity contribution in [2.45, 2.75) is 110 Å². The summed E-state index contributed by atoms with van der Waals surface area (Å²) in [7, 11) is 0. The number of hydrogen-bond acceptors (Lipinski definition) is 2. The quantitative estimate of drug-likeness (QED) is 0.365. The third-order valence-corrected chi connectivity index (χ3v) is 9.27. The average molecular weight is 506 g/mol. The van der Waals surface area contributed by atoms with Crippen LogP contribution in [0, 0.1) is 11.3 Å². The van der Waals surface area contributed by atoms with Gasteiger partial charge in [-0.1, -0.05) is 87.6 Å². The van der Waals surface area contributed by atoms with Crippen molar-refractivity contribution < 1.29 is 10.2 Å². The van der Waals surface area contributed by atoms with Crippen molar-refractivity contribution in [2.24, 2.45) is 11.3 Å². The van der Waals surface area contributed by atoms with Crippen LogP contribution in [0.2, 0.25) is 0 Å². The maximum atomic E-state index is 11.5. The molecule has 0 aliphatic heterocycles. The zero-order chi connectivity index (χ0) is 19.9. The minimum atomic E-state index is -0.794. The van der Waals surface area contributed by atoms with E-state index >= 15 is 0 Å². The van der Waals surface area contributed by atoms with Gasteiger partial charge in [-0.15, -0.1) is 0 Å². The largest absolute Gasteiger partial charge is 0.509 e. The van der Waals surface area contributed by atoms with E-state index in [1.165, 1.54) is 38.5 Å². The van der Waals surface area contributed by atoms with E-state index in [9.17, 15) is 10.2 Å². The van der Waals surface area contributed by atoms with E-state index in [0.29, 0.717) is 5.92 Å². The molecule has 0 spiro atoms. The van der Waals surface area contributed by atoms with Crippen molar-refractivity contribution in [3.05, 3.63) is 20.3 Å². The van der Waals surface area contributed by atoms with Gasteiger partial charge in [-0.3, -0.25) is 0 Å². The molecule has 0 aromatic heterocycles. The summed E-state index contributed by atoms with van der Waals surface area (Å²) in [5.74, 6) is 0.628. The lowest BCUT2D eigenvalue weighted by molar-refractivity contribution is -0.00702. The summed E-state index contributed by atoms with van der Waals surface area (Å²) < 4.78 is 2.10. The van der Waals surface area contributed by atoms with Gasteiger partial charge in [-0.25, -0.2) is 0 Å². The van der Waals surface area contributed by atoms with Crippen LogP contribution in [0.1, 0.15) is 104 Å². The Balaban J connectivity index is 2.44. The molecule has 1 fully saturated rings. The SMILES string of the molecule is CCCCC1=C(O)C(O)C(CCCC)(C2CCCCCCCC2)C(Br)=C1Br. The molecule has 0 saturated heterocycles. The molecule has 4 heteroatoms. The molecule has 0 bridgehead atoms. The summed E-state index contributed by atoms with van der Waals surface area (Å²) in [6.45, 7) is 4.37. The molecule has 0 aromatic rings. The molecule has 2 unspecified atom stereocenters. The van der Waals surface area contributed by atoms with Crippen LogP contribution in [0.5, 0.6) is 0 Å². The second-order valence-electron chi connectivity index (χ2n) is 8.54. The summed E-state index contributed by atoms with van der Waals surface area (Å²) >= 11 is 7.74. The summed E-state index contributed by atoms with van der Waals surface area (Å²) in [5, 5.41) is 22.5. The van der Waals surface area contributed by atoms with E-state index in [4.69, 9.17) is 0 Å². The molecule has 2 aliphatic carbocycles. The second-order valence-corrected chi connectivity index (χ2v) is 10.1. The fraction of sp³-hybridized carbons (Fsp3) is 0.826. The predicted molar refractivity (Wildman–Crippen MR) is 122 cm³/mol.